The number of rotatable bonds is 7. The number of nitrogens with two attached hydrogens (primary N) is 1. The Morgan fingerprint density at radius 1 is 0.971 bits per heavy atom. The van der Waals surface area contributed by atoms with Gasteiger partial charge in [0.05, 0.1) is 10.6 Å². The van der Waals surface area contributed by atoms with Crippen LogP contribution < -0.4 is 10.5 Å². The summed E-state index contributed by atoms with van der Waals surface area (Å²) in [6, 6.07) is 22.2. The first-order valence-corrected chi connectivity index (χ1v) is 12.1. The Kier molecular flexibility index (Phi) is 6.76. The standard InChI is InChI=1S/C25H22N4O5S/c1-17-7-11-20(12-8-17)29-15-22(24(28-29)18-5-3-2-4-6-18)25(31)34-16-23(30)27-19-9-13-21(14-10-19)35(26,32)33/h2-15H,16H2,1H3,(H,27,30)(H2,26,32,33). The molecule has 9 nitrogen and oxygen atoms in total. The molecule has 0 spiro atoms. The zero-order valence-electron chi connectivity index (χ0n) is 18.7. The molecule has 0 radical (unpaired) electrons. The summed E-state index contributed by atoms with van der Waals surface area (Å²) in [4.78, 5) is 25.1. The molecule has 3 aromatic carbocycles. The van der Waals surface area contributed by atoms with Crippen LogP contribution in [0.1, 0.15) is 15.9 Å². The number of hydrogen-bond acceptors (Lipinski definition) is 6. The highest BCUT2D eigenvalue weighted by Crippen LogP contribution is 2.24. The third kappa shape index (κ3) is 5.81. The van der Waals surface area contributed by atoms with Crippen LogP contribution in [0.5, 0.6) is 0 Å². The van der Waals surface area contributed by atoms with E-state index in [9.17, 15) is 18.0 Å². The third-order valence-corrected chi connectivity index (χ3v) is 6.01. The predicted molar refractivity (Wildman–Crippen MR) is 130 cm³/mol. The van der Waals surface area contributed by atoms with Crippen LogP contribution in [0.25, 0.3) is 16.9 Å². The molecule has 0 aliphatic heterocycles. The number of hydrogen-bond donors (Lipinski definition) is 2. The van der Waals surface area contributed by atoms with E-state index in [4.69, 9.17) is 9.88 Å². The number of carbonyl (C=O) groups excluding carboxylic acids is 2. The number of esters is 1. The number of primary sulfonamides is 1. The van der Waals surface area contributed by atoms with Crippen LogP contribution in [0.2, 0.25) is 0 Å². The van der Waals surface area contributed by atoms with Crippen LogP contribution in [0.4, 0.5) is 5.69 Å². The Balaban J connectivity index is 1.50. The summed E-state index contributed by atoms with van der Waals surface area (Å²) in [6.45, 7) is 1.43. The van der Waals surface area contributed by atoms with Crippen molar-refractivity contribution in [1.29, 1.82) is 0 Å². The first-order valence-electron chi connectivity index (χ1n) is 10.5. The molecule has 0 fully saturated rings. The monoisotopic (exact) mass is 490 g/mol. The fraction of sp³-hybridized carbons (Fsp3) is 0.0800. The van der Waals surface area contributed by atoms with Crippen molar-refractivity contribution in [1.82, 2.24) is 9.78 Å². The number of aryl methyl sites for hydroxylation is 1. The van der Waals surface area contributed by atoms with Crippen molar-refractivity contribution in [2.24, 2.45) is 5.14 Å². The number of nitrogens with zero attached hydrogens (tertiary/aromatic N) is 2. The molecule has 1 heterocycles. The quantitative estimate of drug-likeness (QED) is 0.382. The van der Waals surface area contributed by atoms with Gasteiger partial charge in [-0.2, -0.15) is 5.10 Å². The van der Waals surface area contributed by atoms with Crippen molar-refractivity contribution in [3.8, 4) is 16.9 Å². The Bertz CT molecular complexity index is 1460. The molecule has 4 aromatic rings. The van der Waals surface area contributed by atoms with Gasteiger partial charge in [0.15, 0.2) is 6.61 Å². The summed E-state index contributed by atoms with van der Waals surface area (Å²) in [5, 5.41) is 12.2. The molecule has 0 atom stereocenters. The lowest BCUT2D eigenvalue weighted by Crippen LogP contribution is -2.21. The summed E-state index contributed by atoms with van der Waals surface area (Å²) in [5.74, 6) is -1.30. The maximum atomic E-state index is 12.9. The number of benzene rings is 3. The molecule has 0 aliphatic carbocycles. The number of sulfonamides is 1. The number of carbonyl (C=O) groups is 2. The maximum absolute atomic E-state index is 12.9. The highest BCUT2D eigenvalue weighted by atomic mass is 32.2. The molecule has 3 N–H and O–H groups in total. The van der Waals surface area contributed by atoms with Gasteiger partial charge in [-0.15, -0.1) is 0 Å². The first kappa shape index (κ1) is 23.9. The minimum absolute atomic E-state index is 0.0824. The normalized spacial score (nSPS) is 11.1. The average molecular weight is 491 g/mol. The first-order chi connectivity index (χ1) is 16.7. The van der Waals surface area contributed by atoms with Gasteiger partial charge in [0.2, 0.25) is 10.0 Å². The van der Waals surface area contributed by atoms with Gasteiger partial charge in [-0.3, -0.25) is 4.79 Å². The number of nitrogens with one attached hydrogen (secondary N) is 1. The van der Waals surface area contributed by atoms with Crippen molar-refractivity contribution in [2.75, 3.05) is 11.9 Å². The van der Waals surface area contributed by atoms with Crippen molar-refractivity contribution >= 4 is 27.6 Å². The smallest absolute Gasteiger partial charge is 0.342 e. The highest BCUT2D eigenvalue weighted by Gasteiger charge is 2.21. The number of aromatic nitrogens is 2. The lowest BCUT2D eigenvalue weighted by molar-refractivity contribution is -0.119. The second kappa shape index (κ2) is 9.92. The van der Waals surface area contributed by atoms with Crippen molar-refractivity contribution < 1.29 is 22.7 Å². The molecule has 35 heavy (non-hydrogen) atoms. The molecule has 0 aliphatic rings. The van der Waals surface area contributed by atoms with E-state index in [-0.39, 0.29) is 10.5 Å². The third-order valence-electron chi connectivity index (χ3n) is 5.08. The van der Waals surface area contributed by atoms with Crippen LogP contribution in [0.3, 0.4) is 0 Å². The van der Waals surface area contributed by atoms with Gasteiger partial charge in [0, 0.05) is 17.4 Å². The number of ether oxygens (including phenoxy) is 1. The summed E-state index contributed by atoms with van der Waals surface area (Å²) in [6.07, 6.45) is 1.57. The second-order valence-electron chi connectivity index (χ2n) is 7.73. The van der Waals surface area contributed by atoms with E-state index < -0.39 is 28.5 Å². The molecule has 0 saturated heterocycles. The Labute approximate surface area is 202 Å². The molecular formula is C25H22N4O5S. The van der Waals surface area contributed by atoms with E-state index >= 15 is 0 Å². The lowest BCUT2D eigenvalue weighted by atomic mass is 10.1. The molecule has 4 rings (SSSR count). The van der Waals surface area contributed by atoms with Crippen LogP contribution in [0.15, 0.2) is 90.0 Å². The van der Waals surface area contributed by atoms with Gasteiger partial charge in [-0.1, -0.05) is 48.0 Å². The minimum Gasteiger partial charge on any atom is -0.452 e. The van der Waals surface area contributed by atoms with Gasteiger partial charge < -0.3 is 10.1 Å². The Morgan fingerprint density at radius 2 is 1.63 bits per heavy atom. The zero-order chi connectivity index (χ0) is 25.0. The summed E-state index contributed by atoms with van der Waals surface area (Å²) < 4.78 is 29.5. The van der Waals surface area contributed by atoms with Gasteiger partial charge >= 0.3 is 5.97 Å². The minimum atomic E-state index is -3.84. The summed E-state index contributed by atoms with van der Waals surface area (Å²) in [5.41, 5.74) is 3.55. The van der Waals surface area contributed by atoms with Gasteiger partial charge in [0.1, 0.15) is 11.3 Å². The molecule has 0 unspecified atom stereocenters. The molecule has 10 heteroatoms. The molecule has 0 bridgehead atoms. The molecule has 1 aromatic heterocycles. The number of amides is 1. The molecule has 0 saturated carbocycles. The second-order valence-corrected chi connectivity index (χ2v) is 9.29. The summed E-state index contributed by atoms with van der Waals surface area (Å²) >= 11 is 0. The lowest BCUT2D eigenvalue weighted by Gasteiger charge is -2.07. The predicted octanol–water partition coefficient (Wildman–Crippen LogP) is 3.29. The van der Waals surface area contributed by atoms with Crippen LogP contribution in [-0.2, 0) is 19.6 Å². The maximum Gasteiger partial charge on any atom is 0.342 e. The topological polar surface area (TPSA) is 133 Å². The Morgan fingerprint density at radius 3 is 2.26 bits per heavy atom. The van der Waals surface area contributed by atoms with Crippen molar-refractivity contribution in [3.63, 3.8) is 0 Å². The molecule has 1 amide bonds. The fourth-order valence-electron chi connectivity index (χ4n) is 3.30. The zero-order valence-corrected chi connectivity index (χ0v) is 19.5. The van der Waals surface area contributed by atoms with Crippen molar-refractivity contribution in [3.05, 3.63) is 96.2 Å². The van der Waals surface area contributed by atoms with Gasteiger partial charge in [0.25, 0.3) is 5.91 Å². The van der Waals surface area contributed by atoms with E-state index in [2.05, 4.69) is 10.4 Å². The molecular weight excluding hydrogens is 468 g/mol. The SMILES string of the molecule is Cc1ccc(-n2cc(C(=O)OCC(=O)Nc3ccc(S(N)(=O)=O)cc3)c(-c3ccccc3)n2)cc1. The largest absolute Gasteiger partial charge is 0.452 e. The van der Waals surface area contributed by atoms with Crippen LogP contribution >= 0.6 is 0 Å². The van der Waals surface area contributed by atoms with Crippen LogP contribution in [0, 0.1) is 6.92 Å². The molecule has 178 valence electrons. The van der Waals surface area contributed by atoms with Crippen molar-refractivity contribution in [2.45, 2.75) is 11.8 Å². The van der Waals surface area contributed by atoms with Crippen LogP contribution in [-0.4, -0.2) is 36.7 Å². The fourth-order valence-corrected chi connectivity index (χ4v) is 3.81. The van der Waals surface area contributed by atoms with E-state index in [1.807, 2.05) is 61.5 Å². The van der Waals surface area contributed by atoms with E-state index in [0.29, 0.717) is 11.4 Å². The average Bonchev–Trinajstić information content (AvgIpc) is 3.29. The number of anilines is 1. The van der Waals surface area contributed by atoms with E-state index in [0.717, 1.165) is 16.8 Å². The van der Waals surface area contributed by atoms with E-state index in [1.165, 1.54) is 24.3 Å². The van der Waals surface area contributed by atoms with Gasteiger partial charge in [-0.25, -0.2) is 23.0 Å². The van der Waals surface area contributed by atoms with E-state index in [1.54, 1.807) is 10.9 Å². The summed E-state index contributed by atoms with van der Waals surface area (Å²) in [7, 11) is -3.84. The van der Waals surface area contributed by atoms with Gasteiger partial charge in [-0.05, 0) is 43.3 Å². The highest BCUT2D eigenvalue weighted by molar-refractivity contribution is 7.89. The Hall–Kier alpha value is -4.28.